The van der Waals surface area contributed by atoms with Crippen molar-refractivity contribution in [3.63, 3.8) is 0 Å². The number of nitrogens with two attached hydrogens (primary N) is 1. The van der Waals surface area contributed by atoms with Crippen molar-refractivity contribution in [3.05, 3.63) is 0 Å². The summed E-state index contributed by atoms with van der Waals surface area (Å²) in [5, 5.41) is 0. The normalized spacial score (nSPS) is 28.1. The average molecular weight is 210 g/mol. The summed E-state index contributed by atoms with van der Waals surface area (Å²) in [5.74, 6) is 1.79. The van der Waals surface area contributed by atoms with E-state index in [1.807, 2.05) is 0 Å². The number of carbonyl (C=O) groups is 1. The van der Waals surface area contributed by atoms with Crippen LogP contribution >= 0.6 is 0 Å². The molecule has 2 aliphatic rings. The second-order valence-corrected chi connectivity index (χ2v) is 5.00. The Morgan fingerprint density at radius 3 is 2.73 bits per heavy atom. The number of carbonyl (C=O) groups excluding carboxylic acids is 1. The minimum absolute atomic E-state index is 0.250. The summed E-state index contributed by atoms with van der Waals surface area (Å²) in [5.41, 5.74) is 5.68. The van der Waals surface area contributed by atoms with E-state index in [0.717, 1.165) is 25.4 Å². The molecule has 2 unspecified atom stereocenters. The Hall–Kier alpha value is -0.570. The highest BCUT2D eigenvalue weighted by Gasteiger charge is 2.40. The molecular weight excluding hydrogens is 188 g/mol. The molecule has 3 nitrogen and oxygen atoms in total. The Bertz CT molecular complexity index is 238. The Kier molecular flexibility index (Phi) is 3.29. The molecule has 0 radical (unpaired) electrons. The first kappa shape index (κ1) is 10.9. The lowest BCUT2D eigenvalue weighted by atomic mass is 9.89. The molecule has 86 valence electrons. The molecule has 0 aromatic heterocycles. The largest absolute Gasteiger partial charge is 0.340 e. The molecule has 2 rings (SSSR count). The lowest BCUT2D eigenvalue weighted by Gasteiger charge is -2.31. The van der Waals surface area contributed by atoms with E-state index in [4.69, 9.17) is 5.73 Å². The van der Waals surface area contributed by atoms with Gasteiger partial charge in [-0.3, -0.25) is 4.79 Å². The van der Waals surface area contributed by atoms with Gasteiger partial charge < -0.3 is 10.6 Å². The molecular formula is C12H22N2O. The summed E-state index contributed by atoms with van der Waals surface area (Å²) in [6, 6.07) is 0.499. The summed E-state index contributed by atoms with van der Waals surface area (Å²) in [7, 11) is 0. The first-order valence-electron chi connectivity index (χ1n) is 6.21. The van der Waals surface area contributed by atoms with E-state index in [2.05, 4.69) is 4.90 Å². The van der Waals surface area contributed by atoms with Gasteiger partial charge in [0.15, 0.2) is 0 Å². The molecule has 1 amide bonds. The zero-order valence-corrected chi connectivity index (χ0v) is 9.61. The molecule has 15 heavy (non-hydrogen) atoms. The number of likely N-dealkylation sites (tertiary alicyclic amines) is 1. The van der Waals surface area contributed by atoms with Crippen molar-refractivity contribution in [1.29, 1.82) is 0 Å². The van der Waals surface area contributed by atoms with Crippen molar-refractivity contribution in [2.45, 2.75) is 45.1 Å². The molecule has 2 fully saturated rings. The zero-order chi connectivity index (χ0) is 10.8. The van der Waals surface area contributed by atoms with Crippen LogP contribution in [0.2, 0.25) is 0 Å². The molecule has 1 aliphatic heterocycles. The van der Waals surface area contributed by atoms with E-state index in [1.54, 1.807) is 6.92 Å². The Balaban J connectivity index is 2.01. The Labute approximate surface area is 92.0 Å². The topological polar surface area (TPSA) is 46.3 Å². The van der Waals surface area contributed by atoms with Crippen LogP contribution in [0, 0.1) is 11.8 Å². The van der Waals surface area contributed by atoms with Crippen molar-refractivity contribution in [2.24, 2.45) is 17.6 Å². The van der Waals surface area contributed by atoms with Gasteiger partial charge in [0.1, 0.15) is 0 Å². The molecule has 0 spiro atoms. The zero-order valence-electron chi connectivity index (χ0n) is 9.61. The molecule has 0 aromatic rings. The van der Waals surface area contributed by atoms with Crippen LogP contribution in [0.15, 0.2) is 0 Å². The molecule has 1 saturated heterocycles. The lowest BCUT2D eigenvalue weighted by molar-refractivity contribution is -0.130. The van der Waals surface area contributed by atoms with Crippen molar-refractivity contribution in [2.75, 3.05) is 13.1 Å². The van der Waals surface area contributed by atoms with Gasteiger partial charge in [-0.2, -0.15) is 0 Å². The van der Waals surface area contributed by atoms with Gasteiger partial charge in [-0.1, -0.05) is 0 Å². The first-order chi connectivity index (χ1) is 7.24. The van der Waals surface area contributed by atoms with Gasteiger partial charge in [-0.15, -0.1) is 0 Å². The summed E-state index contributed by atoms with van der Waals surface area (Å²) in [4.78, 5) is 13.6. The predicted molar refractivity (Wildman–Crippen MR) is 60.3 cm³/mol. The molecule has 1 saturated carbocycles. The van der Waals surface area contributed by atoms with Crippen LogP contribution < -0.4 is 5.73 Å². The second-order valence-electron chi connectivity index (χ2n) is 5.00. The van der Waals surface area contributed by atoms with Crippen LogP contribution in [-0.4, -0.2) is 29.9 Å². The maximum atomic E-state index is 11.5. The highest BCUT2D eigenvalue weighted by Crippen LogP contribution is 2.43. The number of hydrogen-bond acceptors (Lipinski definition) is 2. The van der Waals surface area contributed by atoms with Gasteiger partial charge in [0.05, 0.1) is 0 Å². The fourth-order valence-corrected chi connectivity index (χ4v) is 3.09. The average Bonchev–Trinajstić information content (AvgIpc) is 2.91. The van der Waals surface area contributed by atoms with Gasteiger partial charge in [0.25, 0.3) is 0 Å². The van der Waals surface area contributed by atoms with Crippen molar-refractivity contribution in [1.82, 2.24) is 4.90 Å². The van der Waals surface area contributed by atoms with Gasteiger partial charge in [-0.25, -0.2) is 0 Å². The quantitative estimate of drug-likeness (QED) is 0.762. The number of nitrogens with zero attached hydrogens (tertiary/aromatic N) is 1. The predicted octanol–water partition coefficient (Wildman–Crippen LogP) is 1.37. The molecule has 2 N–H and O–H groups in total. The Morgan fingerprint density at radius 1 is 1.47 bits per heavy atom. The van der Waals surface area contributed by atoms with Crippen LogP contribution in [-0.2, 0) is 4.79 Å². The maximum absolute atomic E-state index is 11.5. The van der Waals surface area contributed by atoms with Crippen LogP contribution in [0.4, 0.5) is 0 Å². The van der Waals surface area contributed by atoms with E-state index < -0.39 is 0 Å². The van der Waals surface area contributed by atoms with Gasteiger partial charge in [0.2, 0.25) is 5.91 Å². The standard InChI is InChI=1S/C12H22N2O/c1-9(15)14-8-2-3-12(14)11(6-7-13)10-4-5-10/h10-12H,2-8,13H2,1H3. The summed E-state index contributed by atoms with van der Waals surface area (Å²) >= 11 is 0. The van der Waals surface area contributed by atoms with Crippen molar-refractivity contribution < 1.29 is 4.79 Å². The Morgan fingerprint density at radius 2 is 2.20 bits per heavy atom. The van der Waals surface area contributed by atoms with Crippen LogP contribution in [0.5, 0.6) is 0 Å². The molecule has 0 bridgehead atoms. The molecule has 3 heteroatoms. The summed E-state index contributed by atoms with van der Waals surface area (Å²) in [6.45, 7) is 3.43. The van der Waals surface area contributed by atoms with E-state index >= 15 is 0 Å². The van der Waals surface area contributed by atoms with Crippen molar-refractivity contribution in [3.8, 4) is 0 Å². The minimum atomic E-state index is 0.250. The monoisotopic (exact) mass is 210 g/mol. The third-order valence-corrected chi connectivity index (χ3v) is 3.93. The summed E-state index contributed by atoms with van der Waals surface area (Å²) < 4.78 is 0. The van der Waals surface area contributed by atoms with Gasteiger partial charge >= 0.3 is 0 Å². The van der Waals surface area contributed by atoms with Crippen LogP contribution in [0.3, 0.4) is 0 Å². The molecule has 2 atom stereocenters. The van der Waals surface area contributed by atoms with E-state index in [1.165, 1.54) is 25.7 Å². The van der Waals surface area contributed by atoms with E-state index in [-0.39, 0.29) is 5.91 Å². The lowest BCUT2D eigenvalue weighted by Crippen LogP contribution is -2.40. The molecule has 1 aliphatic carbocycles. The number of amides is 1. The minimum Gasteiger partial charge on any atom is -0.340 e. The molecule has 0 aromatic carbocycles. The van der Waals surface area contributed by atoms with E-state index in [9.17, 15) is 4.79 Å². The van der Waals surface area contributed by atoms with Gasteiger partial charge in [-0.05, 0) is 50.5 Å². The van der Waals surface area contributed by atoms with Crippen LogP contribution in [0.1, 0.15) is 39.0 Å². The maximum Gasteiger partial charge on any atom is 0.219 e. The second kappa shape index (κ2) is 4.52. The summed E-state index contributed by atoms with van der Waals surface area (Å²) in [6.07, 6.45) is 6.18. The van der Waals surface area contributed by atoms with Gasteiger partial charge in [0, 0.05) is 19.5 Å². The SMILES string of the molecule is CC(=O)N1CCCC1C(CCN)C1CC1. The first-order valence-corrected chi connectivity index (χ1v) is 6.21. The number of rotatable bonds is 4. The molecule has 1 heterocycles. The van der Waals surface area contributed by atoms with E-state index in [0.29, 0.717) is 12.0 Å². The third-order valence-electron chi connectivity index (χ3n) is 3.93. The van der Waals surface area contributed by atoms with Crippen molar-refractivity contribution >= 4 is 5.91 Å². The highest BCUT2D eigenvalue weighted by atomic mass is 16.2. The third kappa shape index (κ3) is 2.33. The number of hydrogen-bond donors (Lipinski definition) is 1. The smallest absolute Gasteiger partial charge is 0.219 e. The fraction of sp³-hybridized carbons (Fsp3) is 0.917. The highest BCUT2D eigenvalue weighted by molar-refractivity contribution is 5.73. The van der Waals surface area contributed by atoms with Crippen LogP contribution in [0.25, 0.3) is 0 Å². The fourth-order valence-electron chi connectivity index (χ4n) is 3.09.